The van der Waals surface area contributed by atoms with Gasteiger partial charge in [-0.25, -0.2) is 18.2 Å². The highest BCUT2D eigenvalue weighted by Gasteiger charge is 2.63. The van der Waals surface area contributed by atoms with Crippen LogP contribution in [0, 0.1) is 17.8 Å². The number of carboxylic acid groups (broad SMARTS) is 1. The van der Waals surface area contributed by atoms with E-state index in [1.54, 1.807) is 32.2 Å². The van der Waals surface area contributed by atoms with Gasteiger partial charge in [-0.3, -0.25) is 19.1 Å². The van der Waals surface area contributed by atoms with Crippen molar-refractivity contribution in [2.24, 2.45) is 17.8 Å². The van der Waals surface area contributed by atoms with Gasteiger partial charge >= 0.3 is 6.09 Å². The van der Waals surface area contributed by atoms with Crippen molar-refractivity contribution in [3.63, 3.8) is 0 Å². The lowest BCUT2D eigenvalue weighted by molar-refractivity contribution is -0.142. The molecule has 2 aliphatic carbocycles. The highest BCUT2D eigenvalue weighted by atomic mass is 32.2. The van der Waals surface area contributed by atoms with Crippen molar-refractivity contribution in [2.75, 3.05) is 34.0 Å². The van der Waals surface area contributed by atoms with Crippen molar-refractivity contribution in [1.82, 2.24) is 25.2 Å². The number of fused-ring (bicyclic) bond motifs is 3. The normalized spacial score (nSPS) is 29.7. The topological polar surface area (TPSA) is 212 Å². The van der Waals surface area contributed by atoms with Crippen LogP contribution in [0.25, 0.3) is 10.8 Å². The second-order valence-electron chi connectivity index (χ2n) is 15.4. The number of carbonyl (C=O) groups excluding carboxylic acids is 3. The SMILES string of the molecule is CCOc1cnc(O[C@@H]2C[C@H]3C(=O)N[C@]4(C(=O)NS(=O)(=O)C5(C)CC5)C[C@H]4/C=C\CC[C@H](C)C[C@@H](COC)[C@H](NC(=O)O)C(=O)N3C2)c2ccc(OC)cc12. The van der Waals surface area contributed by atoms with E-state index in [0.29, 0.717) is 61.0 Å². The van der Waals surface area contributed by atoms with Crippen molar-refractivity contribution >= 4 is 44.6 Å². The first-order chi connectivity index (χ1) is 26.1. The van der Waals surface area contributed by atoms with Gasteiger partial charge in [0.05, 0.1) is 37.8 Å². The summed E-state index contributed by atoms with van der Waals surface area (Å²) in [7, 11) is -1.00. The minimum absolute atomic E-state index is 0.0379. The zero-order chi connectivity index (χ0) is 39.7. The monoisotopic (exact) mass is 785 g/mol. The third-order valence-corrected chi connectivity index (χ3v) is 13.5. The van der Waals surface area contributed by atoms with Gasteiger partial charge in [0.15, 0.2) is 0 Å². The number of carbonyl (C=O) groups is 4. The molecule has 1 saturated heterocycles. The Morgan fingerprint density at radius 3 is 2.58 bits per heavy atom. The Morgan fingerprint density at radius 1 is 1.15 bits per heavy atom. The van der Waals surface area contributed by atoms with E-state index in [9.17, 15) is 32.7 Å². The van der Waals surface area contributed by atoms with Crippen LogP contribution in [-0.4, -0.2) is 110 Å². The lowest BCUT2D eigenvalue weighted by atomic mass is 9.87. The highest BCUT2D eigenvalue weighted by Crippen LogP contribution is 2.48. The molecule has 0 bridgehead atoms. The quantitative estimate of drug-likeness (QED) is 0.242. The maximum absolute atomic E-state index is 14.6. The zero-order valence-electron chi connectivity index (χ0n) is 31.8. The van der Waals surface area contributed by atoms with E-state index >= 15 is 0 Å². The fourth-order valence-electron chi connectivity index (χ4n) is 7.74. The molecule has 2 aromatic rings. The molecule has 6 rings (SSSR count). The summed E-state index contributed by atoms with van der Waals surface area (Å²) in [6, 6.07) is 2.81. The second kappa shape index (κ2) is 15.8. The van der Waals surface area contributed by atoms with Gasteiger partial charge in [0.1, 0.15) is 35.2 Å². The van der Waals surface area contributed by atoms with Crippen LogP contribution in [0.5, 0.6) is 17.4 Å². The molecule has 2 saturated carbocycles. The Bertz CT molecular complexity index is 1950. The molecule has 4 aliphatic rings. The van der Waals surface area contributed by atoms with Crippen molar-refractivity contribution in [1.29, 1.82) is 0 Å². The van der Waals surface area contributed by atoms with E-state index in [1.807, 2.05) is 26.0 Å². The number of sulfonamides is 1. The maximum atomic E-state index is 14.6. The number of benzene rings is 1. The van der Waals surface area contributed by atoms with E-state index in [2.05, 4.69) is 20.3 Å². The molecule has 4 N–H and O–H groups in total. The van der Waals surface area contributed by atoms with Crippen molar-refractivity contribution in [3.05, 3.63) is 36.5 Å². The largest absolute Gasteiger partial charge is 0.497 e. The van der Waals surface area contributed by atoms with Crippen LogP contribution in [0.2, 0.25) is 0 Å². The number of nitrogens with zero attached hydrogens (tertiary/aromatic N) is 2. The van der Waals surface area contributed by atoms with E-state index in [0.717, 1.165) is 0 Å². The van der Waals surface area contributed by atoms with Crippen molar-refractivity contribution in [3.8, 4) is 17.4 Å². The third-order valence-electron chi connectivity index (χ3n) is 11.3. The van der Waals surface area contributed by atoms with E-state index in [4.69, 9.17) is 18.9 Å². The molecule has 1 aromatic carbocycles. The molecule has 55 heavy (non-hydrogen) atoms. The van der Waals surface area contributed by atoms with E-state index in [-0.39, 0.29) is 37.8 Å². The van der Waals surface area contributed by atoms with E-state index < -0.39 is 74.1 Å². The van der Waals surface area contributed by atoms with Crippen LogP contribution in [-0.2, 0) is 29.1 Å². The molecule has 16 nitrogen and oxygen atoms in total. The van der Waals surface area contributed by atoms with Gasteiger partial charge in [-0.1, -0.05) is 19.1 Å². The van der Waals surface area contributed by atoms with Crippen LogP contribution in [0.15, 0.2) is 36.5 Å². The second-order valence-corrected chi connectivity index (χ2v) is 17.6. The first-order valence-electron chi connectivity index (χ1n) is 18.8. The molecule has 4 amide bonds. The maximum Gasteiger partial charge on any atom is 0.405 e. The van der Waals surface area contributed by atoms with Crippen LogP contribution >= 0.6 is 0 Å². The summed E-state index contributed by atoms with van der Waals surface area (Å²) in [5, 5.41) is 16.4. The Hall–Kier alpha value is -4.64. The third kappa shape index (κ3) is 8.32. The first kappa shape index (κ1) is 40.0. The molecule has 3 fully saturated rings. The van der Waals surface area contributed by atoms with Gasteiger partial charge in [-0.15, -0.1) is 0 Å². The van der Waals surface area contributed by atoms with Gasteiger partial charge in [0.25, 0.3) is 5.91 Å². The number of hydrogen-bond donors (Lipinski definition) is 4. The van der Waals surface area contributed by atoms with Crippen LogP contribution in [0.1, 0.15) is 65.7 Å². The fourth-order valence-corrected chi connectivity index (χ4v) is 9.06. The summed E-state index contributed by atoms with van der Waals surface area (Å²) < 4.78 is 50.7. The summed E-state index contributed by atoms with van der Waals surface area (Å²) in [5.41, 5.74) is -1.57. The van der Waals surface area contributed by atoms with E-state index in [1.165, 1.54) is 18.2 Å². The number of methoxy groups -OCH3 is 2. The van der Waals surface area contributed by atoms with Crippen LogP contribution in [0.4, 0.5) is 4.79 Å². The van der Waals surface area contributed by atoms with Gasteiger partial charge in [-0.2, -0.15) is 0 Å². The standard InChI is InChI=1S/C38H51N5O11S/c1-6-53-30-19-39-33(27-12-11-25(52-5)16-28(27)30)54-26-17-29-32(44)41-38(35(46)42-55(49,50)37(3)13-14-37)18-24(38)10-8-7-9-22(2)15-23(21-51-4)31(40-36(47)48)34(45)43(29)20-26/h8,10-12,16,19,22-24,26,29,31,40H,6-7,9,13-15,17-18,20-21H2,1-5H3,(H,41,44)(H,42,46)(H,47,48)/b10-8-/t22-,23-,24+,26+,29-,31-,38+/m0/s1. The number of aromatic nitrogens is 1. The molecule has 3 heterocycles. The first-order valence-corrected chi connectivity index (χ1v) is 20.2. The number of amides is 4. The van der Waals surface area contributed by atoms with Gasteiger partial charge in [-0.05, 0) is 76.5 Å². The molecular formula is C38H51N5O11S. The minimum atomic E-state index is -4.03. The molecule has 2 aliphatic heterocycles. The predicted octanol–water partition coefficient (Wildman–Crippen LogP) is 3.14. The minimum Gasteiger partial charge on any atom is -0.497 e. The molecular weight excluding hydrogens is 735 g/mol. The van der Waals surface area contributed by atoms with Gasteiger partial charge in [0.2, 0.25) is 27.7 Å². The molecule has 1 aromatic heterocycles. The molecule has 0 radical (unpaired) electrons. The number of allylic oxidation sites excluding steroid dienone is 1. The number of hydrogen-bond acceptors (Lipinski definition) is 11. The number of ether oxygens (including phenoxy) is 4. The summed E-state index contributed by atoms with van der Waals surface area (Å²) in [6.07, 6.45) is 5.76. The molecule has 7 atom stereocenters. The van der Waals surface area contributed by atoms with Crippen LogP contribution < -0.4 is 29.6 Å². The summed E-state index contributed by atoms with van der Waals surface area (Å²) >= 11 is 0. The number of rotatable bonds is 11. The van der Waals surface area contributed by atoms with Crippen molar-refractivity contribution in [2.45, 2.75) is 94.2 Å². The number of nitrogens with one attached hydrogen (secondary N) is 3. The Kier molecular flexibility index (Phi) is 11.5. The van der Waals surface area contributed by atoms with Gasteiger partial charge < -0.3 is 39.6 Å². The Balaban J connectivity index is 1.37. The summed E-state index contributed by atoms with van der Waals surface area (Å²) in [6.45, 7) is 5.77. The Morgan fingerprint density at radius 2 is 1.91 bits per heavy atom. The smallest absolute Gasteiger partial charge is 0.405 e. The molecule has 0 spiro atoms. The zero-order valence-corrected chi connectivity index (χ0v) is 32.6. The summed E-state index contributed by atoms with van der Waals surface area (Å²) in [4.78, 5) is 61.0. The average molecular weight is 786 g/mol. The van der Waals surface area contributed by atoms with Crippen molar-refractivity contribution < 1.29 is 51.6 Å². The lowest BCUT2D eigenvalue weighted by Crippen LogP contribution is -2.59. The lowest BCUT2D eigenvalue weighted by Gasteiger charge is -2.33. The average Bonchev–Trinajstić information content (AvgIpc) is 4.02. The predicted molar refractivity (Wildman–Crippen MR) is 200 cm³/mol. The molecule has 0 unspecified atom stereocenters. The summed E-state index contributed by atoms with van der Waals surface area (Å²) in [5.74, 6) is -1.90. The van der Waals surface area contributed by atoms with Crippen LogP contribution in [0.3, 0.4) is 0 Å². The molecule has 17 heteroatoms. The molecule has 300 valence electrons. The van der Waals surface area contributed by atoms with Gasteiger partial charge in [0, 0.05) is 36.1 Å². The fraction of sp³-hybridized carbons (Fsp3) is 0.605. The highest BCUT2D eigenvalue weighted by molar-refractivity contribution is 7.91. The Labute approximate surface area is 320 Å². The number of pyridine rings is 1.